The topological polar surface area (TPSA) is 53.4 Å². The third-order valence-corrected chi connectivity index (χ3v) is 5.92. The number of nitrogens with one attached hydrogen (secondary N) is 1. The first-order valence-electron chi connectivity index (χ1n) is 10.3. The fourth-order valence-corrected chi connectivity index (χ4v) is 4.45. The molecule has 1 unspecified atom stereocenters. The Morgan fingerprint density at radius 2 is 2.00 bits per heavy atom. The van der Waals surface area contributed by atoms with Crippen LogP contribution in [0.15, 0.2) is 6.07 Å². The molecule has 3 heterocycles. The van der Waals surface area contributed by atoms with Crippen molar-refractivity contribution in [2.24, 2.45) is 5.92 Å². The second-order valence-corrected chi connectivity index (χ2v) is 8.07. The van der Waals surface area contributed by atoms with Crippen LogP contribution in [0, 0.1) is 19.8 Å². The lowest BCUT2D eigenvalue weighted by Crippen LogP contribution is -2.40. The van der Waals surface area contributed by atoms with E-state index in [0.717, 1.165) is 44.1 Å². The highest BCUT2D eigenvalue weighted by molar-refractivity contribution is 5.74. The van der Waals surface area contributed by atoms with Gasteiger partial charge in [-0.25, -0.2) is 4.79 Å². The monoisotopic (exact) mass is 361 g/mol. The van der Waals surface area contributed by atoms with Crippen LogP contribution in [-0.2, 0) is 0 Å². The summed E-state index contributed by atoms with van der Waals surface area (Å²) in [6, 6.07) is 2.52. The molecule has 1 N–H and O–H groups in total. The smallest absolute Gasteiger partial charge is 0.317 e. The van der Waals surface area contributed by atoms with Crippen molar-refractivity contribution in [2.45, 2.75) is 58.9 Å². The Kier molecular flexibility index (Phi) is 6.57. The van der Waals surface area contributed by atoms with E-state index in [1.807, 2.05) is 11.8 Å². The first kappa shape index (κ1) is 19.2. The predicted molar refractivity (Wildman–Crippen MR) is 104 cm³/mol. The minimum atomic E-state index is 0.0949. The summed E-state index contributed by atoms with van der Waals surface area (Å²) in [5.41, 5.74) is 2.24. The molecule has 0 radical (unpaired) electrons. The predicted octanol–water partition coefficient (Wildman–Crippen LogP) is 2.97. The molecule has 3 rings (SSSR count). The summed E-state index contributed by atoms with van der Waals surface area (Å²) in [4.78, 5) is 17.0. The van der Waals surface area contributed by atoms with Crippen molar-refractivity contribution in [1.29, 1.82) is 0 Å². The molecule has 1 atom stereocenters. The molecule has 2 fully saturated rings. The van der Waals surface area contributed by atoms with Crippen LogP contribution in [0.2, 0.25) is 0 Å². The Balaban J connectivity index is 1.36. The van der Waals surface area contributed by atoms with Gasteiger partial charge in [0.2, 0.25) is 0 Å². The normalized spacial score (nSPS) is 22.1. The van der Waals surface area contributed by atoms with E-state index in [1.165, 1.54) is 44.6 Å². The lowest BCUT2D eigenvalue weighted by Gasteiger charge is -2.31. The van der Waals surface area contributed by atoms with Crippen LogP contribution in [0.4, 0.5) is 4.79 Å². The van der Waals surface area contributed by atoms with E-state index in [0.29, 0.717) is 6.04 Å². The molecule has 146 valence electrons. The van der Waals surface area contributed by atoms with Gasteiger partial charge in [0.15, 0.2) is 0 Å². The second-order valence-electron chi connectivity index (χ2n) is 8.07. The van der Waals surface area contributed by atoms with Crippen molar-refractivity contribution in [1.82, 2.24) is 24.9 Å². The number of likely N-dealkylation sites (tertiary alicyclic amines) is 2. The standard InChI is InChI=1S/C20H35N5O/c1-4-10-23-11-6-18(7-12-23)5-9-21-20(26)24-13-8-19(15-24)25-17(3)14-16(2)22-25/h14,18-19H,4-13,15H2,1-3H3,(H,21,26). The zero-order valence-corrected chi connectivity index (χ0v) is 16.7. The van der Waals surface area contributed by atoms with Crippen molar-refractivity contribution >= 4 is 6.03 Å². The Labute approximate surface area is 157 Å². The second kappa shape index (κ2) is 8.89. The number of piperidine rings is 1. The number of urea groups is 1. The van der Waals surface area contributed by atoms with E-state index in [1.54, 1.807) is 0 Å². The summed E-state index contributed by atoms with van der Waals surface area (Å²) in [5, 5.41) is 7.73. The molecule has 0 saturated carbocycles. The van der Waals surface area contributed by atoms with Crippen LogP contribution in [0.25, 0.3) is 0 Å². The maximum Gasteiger partial charge on any atom is 0.317 e. The number of hydrogen-bond donors (Lipinski definition) is 1. The molecule has 2 aliphatic rings. The minimum absolute atomic E-state index is 0.0949. The highest BCUT2D eigenvalue weighted by Crippen LogP contribution is 2.23. The Morgan fingerprint density at radius 1 is 1.23 bits per heavy atom. The Hall–Kier alpha value is -1.56. The van der Waals surface area contributed by atoms with Gasteiger partial charge in [0, 0.05) is 25.3 Å². The van der Waals surface area contributed by atoms with Gasteiger partial charge >= 0.3 is 6.03 Å². The zero-order chi connectivity index (χ0) is 18.5. The van der Waals surface area contributed by atoms with Crippen LogP contribution in [0.3, 0.4) is 0 Å². The maximum absolute atomic E-state index is 12.5. The fourth-order valence-electron chi connectivity index (χ4n) is 4.45. The number of aryl methyl sites for hydroxylation is 2. The molecule has 0 aliphatic carbocycles. The quantitative estimate of drug-likeness (QED) is 0.847. The zero-order valence-electron chi connectivity index (χ0n) is 16.7. The molecule has 0 bridgehead atoms. The van der Waals surface area contributed by atoms with E-state index in [4.69, 9.17) is 0 Å². The van der Waals surface area contributed by atoms with Gasteiger partial charge in [0.05, 0.1) is 11.7 Å². The Morgan fingerprint density at radius 3 is 2.65 bits per heavy atom. The molecule has 0 aromatic carbocycles. The number of carbonyl (C=O) groups is 1. The van der Waals surface area contributed by atoms with Crippen LogP contribution < -0.4 is 5.32 Å². The summed E-state index contributed by atoms with van der Waals surface area (Å²) in [6.45, 7) is 12.4. The number of amides is 2. The summed E-state index contributed by atoms with van der Waals surface area (Å²) in [7, 11) is 0. The minimum Gasteiger partial charge on any atom is -0.338 e. The van der Waals surface area contributed by atoms with Gasteiger partial charge in [0.25, 0.3) is 0 Å². The van der Waals surface area contributed by atoms with Gasteiger partial charge in [-0.1, -0.05) is 6.92 Å². The molecule has 2 saturated heterocycles. The largest absolute Gasteiger partial charge is 0.338 e. The molecule has 6 nitrogen and oxygen atoms in total. The summed E-state index contributed by atoms with van der Waals surface area (Å²) in [5.74, 6) is 0.768. The first-order valence-corrected chi connectivity index (χ1v) is 10.3. The lowest BCUT2D eigenvalue weighted by atomic mass is 9.93. The van der Waals surface area contributed by atoms with Gasteiger partial charge in [-0.15, -0.1) is 0 Å². The highest BCUT2D eigenvalue weighted by atomic mass is 16.2. The van der Waals surface area contributed by atoms with Gasteiger partial charge in [-0.2, -0.15) is 5.10 Å². The Bertz CT molecular complexity index is 591. The fraction of sp³-hybridized carbons (Fsp3) is 0.800. The number of rotatable bonds is 6. The van der Waals surface area contributed by atoms with Crippen molar-refractivity contribution in [3.8, 4) is 0 Å². The van der Waals surface area contributed by atoms with Crippen molar-refractivity contribution < 1.29 is 4.79 Å². The number of carbonyl (C=O) groups excluding carboxylic acids is 1. The molecule has 0 spiro atoms. The van der Waals surface area contributed by atoms with Crippen LogP contribution in [-0.4, -0.2) is 64.9 Å². The van der Waals surface area contributed by atoms with E-state index in [2.05, 4.69) is 39.9 Å². The average molecular weight is 362 g/mol. The van der Waals surface area contributed by atoms with Gasteiger partial charge in [-0.05, 0) is 77.6 Å². The molecule has 26 heavy (non-hydrogen) atoms. The lowest BCUT2D eigenvalue weighted by molar-refractivity contribution is 0.177. The van der Waals surface area contributed by atoms with Gasteiger partial charge in [-0.3, -0.25) is 4.68 Å². The first-order chi connectivity index (χ1) is 12.6. The average Bonchev–Trinajstić information content (AvgIpc) is 3.23. The number of aromatic nitrogens is 2. The van der Waals surface area contributed by atoms with Gasteiger partial charge in [0.1, 0.15) is 0 Å². The third kappa shape index (κ3) is 4.78. The molecule has 2 aliphatic heterocycles. The third-order valence-electron chi connectivity index (χ3n) is 5.92. The molecule has 1 aromatic rings. The van der Waals surface area contributed by atoms with E-state index < -0.39 is 0 Å². The summed E-state index contributed by atoms with van der Waals surface area (Å²) < 4.78 is 2.09. The van der Waals surface area contributed by atoms with Crippen LogP contribution in [0.5, 0.6) is 0 Å². The van der Waals surface area contributed by atoms with Crippen molar-refractivity contribution in [3.63, 3.8) is 0 Å². The molecular weight excluding hydrogens is 326 g/mol. The summed E-state index contributed by atoms with van der Waals surface area (Å²) in [6.07, 6.45) is 5.90. The highest BCUT2D eigenvalue weighted by Gasteiger charge is 2.28. The van der Waals surface area contributed by atoms with Crippen molar-refractivity contribution in [2.75, 3.05) is 39.3 Å². The van der Waals surface area contributed by atoms with Crippen molar-refractivity contribution in [3.05, 3.63) is 17.5 Å². The molecule has 2 amide bonds. The number of nitrogens with zero attached hydrogens (tertiary/aromatic N) is 4. The SMILES string of the molecule is CCCN1CCC(CCNC(=O)N2CCC(n3nc(C)cc3C)C2)CC1. The van der Waals surface area contributed by atoms with Crippen LogP contribution >= 0.6 is 0 Å². The summed E-state index contributed by atoms with van der Waals surface area (Å²) >= 11 is 0. The molecular formula is C20H35N5O. The maximum atomic E-state index is 12.5. The van der Waals surface area contributed by atoms with Crippen LogP contribution in [0.1, 0.15) is 56.5 Å². The van der Waals surface area contributed by atoms with E-state index in [-0.39, 0.29) is 6.03 Å². The van der Waals surface area contributed by atoms with E-state index >= 15 is 0 Å². The molecule has 1 aromatic heterocycles. The van der Waals surface area contributed by atoms with E-state index in [9.17, 15) is 4.79 Å². The van der Waals surface area contributed by atoms with Gasteiger partial charge < -0.3 is 15.1 Å². The molecule has 6 heteroatoms. The number of hydrogen-bond acceptors (Lipinski definition) is 3.